The van der Waals surface area contributed by atoms with Gasteiger partial charge in [0.2, 0.25) is 0 Å². The second kappa shape index (κ2) is 9.70. The quantitative estimate of drug-likeness (QED) is 0.317. The van der Waals surface area contributed by atoms with Crippen LogP contribution in [0.25, 0.3) is 0 Å². The maximum atomic E-state index is 12.1. The van der Waals surface area contributed by atoms with Crippen molar-refractivity contribution in [3.05, 3.63) is 60.7 Å². The summed E-state index contributed by atoms with van der Waals surface area (Å²) in [5.41, 5.74) is 0. The summed E-state index contributed by atoms with van der Waals surface area (Å²) in [6.45, 7) is 4.52. The first kappa shape index (κ1) is 20.4. The fourth-order valence-electron chi connectivity index (χ4n) is 3.68. The van der Waals surface area contributed by atoms with E-state index in [1.54, 1.807) is 0 Å². The van der Waals surface area contributed by atoms with Gasteiger partial charge in [0.1, 0.15) is 0 Å². The average molecular weight is 419 g/mol. The number of alkyl halides is 1. The molecule has 0 fully saturated rings. The Labute approximate surface area is 162 Å². The zero-order valence-corrected chi connectivity index (χ0v) is 18.1. The predicted molar refractivity (Wildman–Crippen MR) is 116 cm³/mol. The molecule has 0 heterocycles. The van der Waals surface area contributed by atoms with Crippen molar-refractivity contribution in [2.75, 3.05) is 5.33 Å². The minimum atomic E-state index is -2.81. The molecule has 0 radical (unpaired) electrons. The summed E-state index contributed by atoms with van der Waals surface area (Å²) >= 11 is 3.50. The highest BCUT2D eigenvalue weighted by atomic mass is 79.9. The summed E-state index contributed by atoms with van der Waals surface area (Å²) in [5, 5.41) is 3.23. The van der Waals surface area contributed by atoms with E-state index in [0.29, 0.717) is 0 Å². The van der Waals surface area contributed by atoms with Gasteiger partial charge >= 0.3 is 0 Å². The van der Waals surface area contributed by atoms with Gasteiger partial charge in [0.15, 0.2) is 0 Å². The van der Waals surface area contributed by atoms with Crippen LogP contribution in [0.15, 0.2) is 60.7 Å². The minimum Gasteiger partial charge on any atom is -0.424 e. The maximum absolute atomic E-state index is 12.1. The van der Waals surface area contributed by atoms with Crippen molar-refractivity contribution in [2.45, 2.75) is 57.4 Å². The molecular formula is C22H31BrOSi. The van der Waals surface area contributed by atoms with Crippen LogP contribution in [-0.2, 0) is 0 Å². The summed E-state index contributed by atoms with van der Waals surface area (Å²) in [5.74, 6) is 0. The van der Waals surface area contributed by atoms with E-state index in [2.05, 4.69) is 54.0 Å². The third-order valence-corrected chi connectivity index (χ3v) is 10.4. The van der Waals surface area contributed by atoms with E-state index >= 15 is 0 Å². The van der Waals surface area contributed by atoms with Crippen LogP contribution in [-0.4, -0.2) is 18.4 Å². The lowest BCUT2D eigenvalue weighted by Gasteiger charge is -2.41. The van der Waals surface area contributed by atoms with Crippen molar-refractivity contribution in [1.29, 1.82) is 0 Å². The Morgan fingerprint density at radius 3 is 1.68 bits per heavy atom. The third-order valence-electron chi connectivity index (χ3n) is 5.30. The normalized spacial score (nSPS) is 12.3. The SMILES string of the molecule is CC(C)(CCCCCCCBr)[Si](O)(c1ccccc1)c1ccccc1. The van der Waals surface area contributed by atoms with E-state index in [-0.39, 0.29) is 5.04 Å². The van der Waals surface area contributed by atoms with Gasteiger partial charge in [-0.25, -0.2) is 0 Å². The lowest BCUT2D eigenvalue weighted by atomic mass is 10.0. The lowest BCUT2D eigenvalue weighted by Crippen LogP contribution is -2.65. The monoisotopic (exact) mass is 418 g/mol. The van der Waals surface area contributed by atoms with Crippen molar-refractivity contribution in [3.63, 3.8) is 0 Å². The number of unbranched alkanes of at least 4 members (excludes halogenated alkanes) is 4. The third kappa shape index (κ3) is 5.05. The van der Waals surface area contributed by atoms with Crippen LogP contribution in [0.5, 0.6) is 0 Å². The van der Waals surface area contributed by atoms with Crippen molar-refractivity contribution in [3.8, 4) is 0 Å². The second-order valence-electron chi connectivity index (χ2n) is 7.53. The molecule has 1 nitrogen and oxygen atoms in total. The highest BCUT2D eigenvalue weighted by Crippen LogP contribution is 2.40. The van der Waals surface area contributed by atoms with Gasteiger partial charge in [0.25, 0.3) is 8.32 Å². The highest BCUT2D eigenvalue weighted by molar-refractivity contribution is 9.09. The van der Waals surface area contributed by atoms with Crippen LogP contribution in [0, 0.1) is 0 Å². The second-order valence-corrected chi connectivity index (χ2v) is 12.3. The van der Waals surface area contributed by atoms with Gasteiger partial charge < -0.3 is 4.80 Å². The number of hydrogen-bond acceptors (Lipinski definition) is 1. The van der Waals surface area contributed by atoms with Gasteiger partial charge in [-0.15, -0.1) is 0 Å². The van der Waals surface area contributed by atoms with Gasteiger partial charge in [-0.05, 0) is 28.3 Å². The molecular weight excluding hydrogens is 388 g/mol. The molecule has 0 spiro atoms. The van der Waals surface area contributed by atoms with Crippen LogP contribution in [0.1, 0.15) is 52.4 Å². The van der Waals surface area contributed by atoms with Crippen LogP contribution in [0.2, 0.25) is 5.04 Å². The molecule has 0 unspecified atom stereocenters. The zero-order valence-electron chi connectivity index (χ0n) is 15.5. The molecule has 0 aliphatic heterocycles. The van der Waals surface area contributed by atoms with E-state index in [1.165, 1.54) is 32.1 Å². The van der Waals surface area contributed by atoms with Gasteiger partial charge in [-0.3, -0.25) is 0 Å². The first-order chi connectivity index (χ1) is 12.0. The maximum Gasteiger partial charge on any atom is 0.258 e. The Morgan fingerprint density at radius 2 is 1.20 bits per heavy atom. The molecule has 0 amide bonds. The van der Waals surface area contributed by atoms with E-state index in [4.69, 9.17) is 0 Å². The van der Waals surface area contributed by atoms with Crippen molar-refractivity contribution >= 4 is 34.6 Å². The Balaban J connectivity index is 2.20. The Hall–Kier alpha value is -0.903. The van der Waals surface area contributed by atoms with E-state index in [1.807, 2.05) is 36.4 Å². The first-order valence-corrected chi connectivity index (χ1v) is 12.5. The van der Waals surface area contributed by atoms with Crippen LogP contribution < -0.4 is 10.4 Å². The number of halogens is 1. The average Bonchev–Trinajstić information content (AvgIpc) is 2.65. The van der Waals surface area contributed by atoms with Gasteiger partial charge in [-0.2, -0.15) is 0 Å². The predicted octanol–water partition coefficient (Wildman–Crippen LogP) is 5.25. The smallest absolute Gasteiger partial charge is 0.258 e. The Morgan fingerprint density at radius 1 is 0.760 bits per heavy atom. The molecule has 0 bridgehead atoms. The molecule has 0 aliphatic rings. The largest absolute Gasteiger partial charge is 0.424 e. The number of hydrogen-bond donors (Lipinski definition) is 1. The molecule has 0 saturated heterocycles. The molecule has 0 aliphatic carbocycles. The summed E-state index contributed by atoms with van der Waals surface area (Å²) in [6.07, 6.45) is 7.35. The van der Waals surface area contributed by atoms with Crippen LogP contribution >= 0.6 is 15.9 Å². The van der Waals surface area contributed by atoms with E-state index in [9.17, 15) is 4.80 Å². The minimum absolute atomic E-state index is 0.106. The fourth-order valence-corrected chi connectivity index (χ4v) is 7.86. The lowest BCUT2D eigenvalue weighted by molar-refractivity contribution is 0.447. The van der Waals surface area contributed by atoms with Gasteiger partial charge in [0.05, 0.1) is 0 Å². The van der Waals surface area contributed by atoms with E-state index < -0.39 is 8.32 Å². The summed E-state index contributed by atoms with van der Waals surface area (Å²) < 4.78 is 0. The summed E-state index contributed by atoms with van der Waals surface area (Å²) in [4.78, 5) is 12.1. The number of rotatable bonds is 10. The van der Waals surface area contributed by atoms with Crippen molar-refractivity contribution in [1.82, 2.24) is 0 Å². The molecule has 25 heavy (non-hydrogen) atoms. The molecule has 2 aromatic carbocycles. The van der Waals surface area contributed by atoms with Crippen molar-refractivity contribution < 1.29 is 4.80 Å². The first-order valence-electron chi connectivity index (χ1n) is 9.42. The molecule has 2 rings (SSSR count). The molecule has 2 aromatic rings. The highest BCUT2D eigenvalue weighted by Gasteiger charge is 2.49. The van der Waals surface area contributed by atoms with Crippen LogP contribution in [0.4, 0.5) is 0 Å². The zero-order chi connectivity index (χ0) is 18.2. The van der Waals surface area contributed by atoms with Gasteiger partial charge in [0, 0.05) is 5.33 Å². The Kier molecular flexibility index (Phi) is 7.92. The summed E-state index contributed by atoms with van der Waals surface area (Å²) in [7, 11) is -2.81. The molecule has 3 heteroatoms. The molecule has 136 valence electrons. The van der Waals surface area contributed by atoms with Crippen LogP contribution in [0.3, 0.4) is 0 Å². The van der Waals surface area contributed by atoms with Gasteiger partial charge in [-0.1, -0.05) is 116 Å². The topological polar surface area (TPSA) is 20.2 Å². The standard InChI is InChI=1S/C22H31BrOSi/c1-22(2,18-12-4-3-5-13-19-23)25(24,20-14-8-6-9-15-20)21-16-10-7-11-17-21/h6-11,14-17,24H,3-5,12-13,18-19H2,1-2H3. The molecule has 0 aromatic heterocycles. The molecule has 0 atom stereocenters. The molecule has 0 saturated carbocycles. The Bertz CT molecular complexity index is 573. The fraction of sp³-hybridized carbons (Fsp3) is 0.455. The van der Waals surface area contributed by atoms with E-state index in [0.717, 1.165) is 22.1 Å². The molecule has 1 N–H and O–H groups in total. The summed E-state index contributed by atoms with van der Waals surface area (Å²) in [6, 6.07) is 20.7. The number of benzene rings is 2. The van der Waals surface area contributed by atoms with Crippen molar-refractivity contribution in [2.24, 2.45) is 0 Å².